The Balaban J connectivity index is 1.91. The summed E-state index contributed by atoms with van der Waals surface area (Å²) < 4.78 is 49.3. The number of aryl methyl sites for hydroxylation is 1. The molecule has 112 valence electrons. The van der Waals surface area contributed by atoms with Crippen LogP contribution < -0.4 is 4.72 Å². The first kappa shape index (κ1) is 15.5. The third-order valence-electron chi connectivity index (χ3n) is 3.47. The van der Waals surface area contributed by atoms with Gasteiger partial charge in [-0.25, -0.2) is 21.6 Å². The van der Waals surface area contributed by atoms with E-state index in [-0.39, 0.29) is 28.9 Å². The van der Waals surface area contributed by atoms with Crippen molar-refractivity contribution in [3.8, 4) is 0 Å². The lowest BCUT2D eigenvalue weighted by atomic mass is 10.1. The van der Waals surface area contributed by atoms with E-state index in [1.807, 2.05) is 13.0 Å². The van der Waals surface area contributed by atoms with Crippen molar-refractivity contribution in [3.63, 3.8) is 0 Å². The molecular formula is C13H19NO4S2. The van der Waals surface area contributed by atoms with Crippen LogP contribution in [0.25, 0.3) is 0 Å². The second-order valence-corrected chi connectivity index (χ2v) is 9.27. The van der Waals surface area contributed by atoms with Crippen molar-refractivity contribution in [2.75, 3.05) is 18.1 Å². The molecule has 1 atom stereocenters. The van der Waals surface area contributed by atoms with Gasteiger partial charge in [-0.05, 0) is 43.4 Å². The molecule has 20 heavy (non-hydrogen) atoms. The number of rotatable bonds is 5. The molecule has 0 spiro atoms. The molecular weight excluding hydrogens is 298 g/mol. The number of sulfonamides is 1. The molecule has 0 amide bonds. The van der Waals surface area contributed by atoms with Crippen molar-refractivity contribution in [3.05, 3.63) is 29.8 Å². The van der Waals surface area contributed by atoms with Crippen molar-refractivity contribution in [2.45, 2.75) is 24.7 Å². The third-order valence-corrected chi connectivity index (χ3v) is 6.77. The van der Waals surface area contributed by atoms with Gasteiger partial charge in [0.2, 0.25) is 10.0 Å². The molecule has 1 N–H and O–H groups in total. The van der Waals surface area contributed by atoms with Crippen LogP contribution in [0, 0.1) is 12.8 Å². The zero-order valence-corrected chi connectivity index (χ0v) is 13.0. The van der Waals surface area contributed by atoms with E-state index < -0.39 is 19.9 Å². The van der Waals surface area contributed by atoms with Gasteiger partial charge in [0.05, 0.1) is 16.4 Å². The van der Waals surface area contributed by atoms with Gasteiger partial charge in [0.15, 0.2) is 9.84 Å². The monoisotopic (exact) mass is 317 g/mol. The smallest absolute Gasteiger partial charge is 0.229 e. The average molecular weight is 317 g/mol. The van der Waals surface area contributed by atoms with Crippen LogP contribution in [0.1, 0.15) is 18.4 Å². The molecule has 1 unspecified atom stereocenters. The average Bonchev–Trinajstić information content (AvgIpc) is 2.69. The summed E-state index contributed by atoms with van der Waals surface area (Å²) in [6, 6.07) is 6.70. The molecule has 0 radical (unpaired) electrons. The van der Waals surface area contributed by atoms with Gasteiger partial charge >= 0.3 is 0 Å². The van der Waals surface area contributed by atoms with Gasteiger partial charge < -0.3 is 0 Å². The Hall–Kier alpha value is -0.920. The molecule has 1 aromatic rings. The van der Waals surface area contributed by atoms with Crippen LogP contribution >= 0.6 is 0 Å². The van der Waals surface area contributed by atoms with Gasteiger partial charge in [-0.1, -0.05) is 12.1 Å². The molecule has 0 aliphatic carbocycles. The number of hydrogen-bond donors (Lipinski definition) is 1. The van der Waals surface area contributed by atoms with Gasteiger partial charge in [-0.3, -0.25) is 0 Å². The highest BCUT2D eigenvalue weighted by Crippen LogP contribution is 2.21. The van der Waals surface area contributed by atoms with Crippen LogP contribution in [0.4, 0.5) is 0 Å². The van der Waals surface area contributed by atoms with Crippen molar-refractivity contribution >= 4 is 19.9 Å². The molecule has 1 fully saturated rings. The van der Waals surface area contributed by atoms with E-state index >= 15 is 0 Å². The minimum Gasteiger partial charge on any atom is -0.229 e. The van der Waals surface area contributed by atoms with Crippen molar-refractivity contribution in [2.24, 2.45) is 5.92 Å². The number of nitrogens with one attached hydrogen (secondary N) is 1. The van der Waals surface area contributed by atoms with Gasteiger partial charge in [-0.15, -0.1) is 0 Å². The molecule has 2 rings (SSSR count). The molecule has 1 saturated heterocycles. The molecule has 0 aromatic heterocycles. The van der Waals surface area contributed by atoms with Crippen LogP contribution in [-0.2, 0) is 19.9 Å². The number of benzene rings is 1. The van der Waals surface area contributed by atoms with Crippen LogP contribution in [0.3, 0.4) is 0 Å². The predicted molar refractivity (Wildman–Crippen MR) is 77.7 cm³/mol. The highest BCUT2D eigenvalue weighted by molar-refractivity contribution is 7.91. The van der Waals surface area contributed by atoms with E-state index in [4.69, 9.17) is 0 Å². The summed E-state index contributed by atoms with van der Waals surface area (Å²) in [5.74, 6) is 0.474. The van der Waals surface area contributed by atoms with E-state index in [9.17, 15) is 16.8 Å². The summed E-state index contributed by atoms with van der Waals surface area (Å²) >= 11 is 0. The van der Waals surface area contributed by atoms with Gasteiger partial charge in [0.1, 0.15) is 0 Å². The van der Waals surface area contributed by atoms with E-state index in [1.165, 1.54) is 0 Å². The Kier molecular flexibility index (Phi) is 4.51. The van der Waals surface area contributed by atoms with E-state index in [0.29, 0.717) is 12.8 Å². The van der Waals surface area contributed by atoms with Crippen molar-refractivity contribution in [1.29, 1.82) is 0 Å². The molecule has 1 aromatic carbocycles. The highest BCUT2D eigenvalue weighted by Gasteiger charge is 2.27. The zero-order valence-electron chi connectivity index (χ0n) is 11.4. The normalized spacial score (nSPS) is 21.9. The minimum absolute atomic E-state index is 0.0696. The Morgan fingerprint density at radius 3 is 2.70 bits per heavy atom. The molecule has 7 heteroatoms. The zero-order chi connectivity index (χ0) is 14.8. The maximum Gasteiger partial charge on any atom is 0.240 e. The number of hydrogen-bond acceptors (Lipinski definition) is 4. The fourth-order valence-electron chi connectivity index (χ4n) is 2.36. The maximum atomic E-state index is 12.1. The second kappa shape index (κ2) is 5.83. The Labute approximate surface area is 120 Å². The summed E-state index contributed by atoms with van der Waals surface area (Å²) in [4.78, 5) is 0.247. The van der Waals surface area contributed by atoms with Crippen molar-refractivity contribution in [1.82, 2.24) is 4.72 Å². The molecule has 1 heterocycles. The number of sulfone groups is 1. The first-order chi connectivity index (χ1) is 9.28. The lowest BCUT2D eigenvalue weighted by molar-refractivity contribution is 0.527. The Morgan fingerprint density at radius 1 is 1.35 bits per heavy atom. The predicted octanol–water partition coefficient (Wildman–Crippen LogP) is 1.10. The van der Waals surface area contributed by atoms with Gasteiger partial charge in [-0.2, -0.15) is 0 Å². The molecule has 1 aliphatic rings. The largest absolute Gasteiger partial charge is 0.240 e. The van der Waals surface area contributed by atoms with Crippen LogP contribution in [-0.4, -0.2) is 34.9 Å². The quantitative estimate of drug-likeness (QED) is 0.882. The Morgan fingerprint density at radius 2 is 2.10 bits per heavy atom. The van der Waals surface area contributed by atoms with Gasteiger partial charge in [0.25, 0.3) is 0 Å². The summed E-state index contributed by atoms with van der Waals surface area (Å²) in [7, 11) is -6.40. The molecule has 0 saturated carbocycles. The Bertz CT molecular complexity index is 680. The summed E-state index contributed by atoms with van der Waals surface area (Å²) in [5, 5.41) is 0. The second-order valence-electron chi connectivity index (χ2n) is 5.27. The molecule has 1 aliphatic heterocycles. The van der Waals surface area contributed by atoms with Crippen molar-refractivity contribution < 1.29 is 16.8 Å². The van der Waals surface area contributed by atoms with Crippen LogP contribution in [0.5, 0.6) is 0 Å². The lowest BCUT2D eigenvalue weighted by Crippen LogP contribution is -2.26. The molecule has 5 nitrogen and oxygen atoms in total. The fourth-order valence-corrected chi connectivity index (χ4v) is 5.43. The third kappa shape index (κ3) is 4.04. The van der Waals surface area contributed by atoms with E-state index in [0.717, 1.165) is 5.56 Å². The van der Waals surface area contributed by atoms with Crippen LogP contribution in [0.15, 0.2) is 29.2 Å². The first-order valence-corrected chi connectivity index (χ1v) is 9.86. The standard InChI is InChI=1S/C13H19NO4S2/c1-11-3-2-4-13(9-11)20(17,18)14-7-5-12-6-8-19(15,16)10-12/h2-4,9,12,14H,5-8,10H2,1H3. The lowest BCUT2D eigenvalue weighted by Gasteiger charge is -2.10. The minimum atomic E-state index is -3.50. The molecule has 0 bridgehead atoms. The fraction of sp³-hybridized carbons (Fsp3) is 0.538. The van der Waals surface area contributed by atoms with E-state index in [1.54, 1.807) is 18.2 Å². The topological polar surface area (TPSA) is 80.3 Å². The highest BCUT2D eigenvalue weighted by atomic mass is 32.2. The SMILES string of the molecule is Cc1cccc(S(=O)(=O)NCCC2CCS(=O)(=O)C2)c1. The summed E-state index contributed by atoms with van der Waals surface area (Å²) in [5.41, 5.74) is 0.884. The maximum absolute atomic E-state index is 12.1. The van der Waals surface area contributed by atoms with Crippen LogP contribution in [0.2, 0.25) is 0 Å². The van der Waals surface area contributed by atoms with E-state index in [2.05, 4.69) is 4.72 Å². The summed E-state index contributed by atoms with van der Waals surface area (Å²) in [6.07, 6.45) is 1.19. The first-order valence-electron chi connectivity index (χ1n) is 6.55. The summed E-state index contributed by atoms with van der Waals surface area (Å²) in [6.45, 7) is 2.11. The van der Waals surface area contributed by atoms with Gasteiger partial charge in [0, 0.05) is 6.54 Å².